The molecule has 7 heteroatoms. The summed E-state index contributed by atoms with van der Waals surface area (Å²) in [5.74, 6) is 1.25. The van der Waals surface area contributed by atoms with Crippen molar-refractivity contribution < 1.29 is 9.53 Å². The van der Waals surface area contributed by atoms with Crippen LogP contribution >= 0.6 is 0 Å². The predicted molar refractivity (Wildman–Crippen MR) is 84.9 cm³/mol. The Morgan fingerprint density at radius 2 is 2.00 bits per heavy atom. The number of hydrogen-bond donors (Lipinski definition) is 2. The summed E-state index contributed by atoms with van der Waals surface area (Å²) in [5, 5.41) is 10.6. The molecule has 0 spiro atoms. The van der Waals surface area contributed by atoms with E-state index in [1.54, 1.807) is 19.4 Å². The zero-order chi connectivity index (χ0) is 16.1. The second kappa shape index (κ2) is 6.69. The lowest BCUT2D eigenvalue weighted by molar-refractivity contribution is -0.115. The van der Waals surface area contributed by atoms with E-state index >= 15 is 0 Å². The number of carbonyl (C=O) groups excluding carboxylic acids is 1. The highest BCUT2D eigenvalue weighted by Gasteiger charge is 2.11. The van der Waals surface area contributed by atoms with E-state index in [4.69, 9.17) is 4.74 Å². The van der Waals surface area contributed by atoms with Crippen molar-refractivity contribution >= 4 is 11.9 Å². The van der Waals surface area contributed by atoms with Crippen LogP contribution in [-0.4, -0.2) is 33.2 Å². The van der Waals surface area contributed by atoms with Gasteiger partial charge in [-0.05, 0) is 18.2 Å². The molecule has 0 bridgehead atoms. The van der Waals surface area contributed by atoms with Gasteiger partial charge >= 0.3 is 0 Å². The van der Waals surface area contributed by atoms with Gasteiger partial charge in [0.15, 0.2) is 5.82 Å². The summed E-state index contributed by atoms with van der Waals surface area (Å²) in [5.41, 5.74) is 1.46. The third-order valence-electron chi connectivity index (χ3n) is 3.20. The Labute approximate surface area is 132 Å². The van der Waals surface area contributed by atoms with Crippen molar-refractivity contribution in [1.29, 1.82) is 0 Å². The Morgan fingerprint density at radius 3 is 2.78 bits per heavy atom. The fourth-order valence-corrected chi connectivity index (χ4v) is 2.13. The van der Waals surface area contributed by atoms with Gasteiger partial charge in [0.25, 0.3) is 0 Å². The number of hydrogen-bond acceptors (Lipinski definition) is 5. The fraction of sp³-hybridized carbons (Fsp3) is 0.125. The first-order chi connectivity index (χ1) is 11.3. The number of nitrogens with one attached hydrogen (secondary N) is 2. The molecule has 0 unspecified atom stereocenters. The van der Waals surface area contributed by atoms with Gasteiger partial charge in [0, 0.05) is 11.8 Å². The number of ether oxygens (including phenoxy) is 1. The van der Waals surface area contributed by atoms with Gasteiger partial charge in [0.1, 0.15) is 11.4 Å². The lowest BCUT2D eigenvalue weighted by Gasteiger charge is -2.07. The molecule has 116 valence electrons. The molecular formula is C16H15N5O2. The van der Waals surface area contributed by atoms with Crippen LogP contribution in [0.5, 0.6) is 5.75 Å². The summed E-state index contributed by atoms with van der Waals surface area (Å²) >= 11 is 0. The zero-order valence-corrected chi connectivity index (χ0v) is 12.5. The van der Waals surface area contributed by atoms with Crippen molar-refractivity contribution in [3.63, 3.8) is 0 Å². The van der Waals surface area contributed by atoms with Crippen molar-refractivity contribution in [2.75, 3.05) is 12.4 Å². The minimum Gasteiger partial charge on any atom is -0.496 e. The molecule has 1 aromatic carbocycles. The lowest BCUT2D eigenvalue weighted by Crippen LogP contribution is -2.15. The van der Waals surface area contributed by atoms with Gasteiger partial charge < -0.3 is 9.72 Å². The summed E-state index contributed by atoms with van der Waals surface area (Å²) in [7, 11) is 1.58. The van der Waals surface area contributed by atoms with E-state index in [2.05, 4.69) is 25.5 Å². The van der Waals surface area contributed by atoms with Crippen LogP contribution in [0.4, 0.5) is 5.95 Å². The molecule has 0 atom stereocenters. The summed E-state index contributed by atoms with van der Waals surface area (Å²) < 4.78 is 5.23. The Balaban J connectivity index is 1.68. The fourth-order valence-electron chi connectivity index (χ4n) is 2.13. The first kappa shape index (κ1) is 14.7. The molecule has 0 radical (unpaired) electrons. The number of pyridine rings is 1. The Kier molecular flexibility index (Phi) is 4.28. The van der Waals surface area contributed by atoms with E-state index < -0.39 is 0 Å². The topological polar surface area (TPSA) is 92.8 Å². The van der Waals surface area contributed by atoms with Crippen LogP contribution in [0.3, 0.4) is 0 Å². The molecule has 2 heterocycles. The van der Waals surface area contributed by atoms with Crippen LogP contribution in [-0.2, 0) is 11.2 Å². The molecule has 3 aromatic rings. The molecule has 7 nitrogen and oxygen atoms in total. The zero-order valence-electron chi connectivity index (χ0n) is 12.5. The smallest absolute Gasteiger partial charge is 0.231 e. The van der Waals surface area contributed by atoms with Gasteiger partial charge in [0.2, 0.25) is 11.9 Å². The van der Waals surface area contributed by atoms with Crippen LogP contribution in [0.15, 0.2) is 48.7 Å². The highest BCUT2D eigenvalue weighted by Crippen LogP contribution is 2.18. The van der Waals surface area contributed by atoms with Crippen molar-refractivity contribution in [2.24, 2.45) is 0 Å². The number of methoxy groups -OCH3 is 1. The molecule has 3 rings (SSSR count). The number of amides is 1. The molecular weight excluding hydrogens is 294 g/mol. The molecule has 2 aromatic heterocycles. The van der Waals surface area contributed by atoms with Gasteiger partial charge in [-0.25, -0.2) is 0 Å². The molecule has 0 aliphatic carbocycles. The number of carbonyl (C=O) groups is 1. The van der Waals surface area contributed by atoms with Gasteiger partial charge in [-0.2, -0.15) is 0 Å². The molecule has 2 N–H and O–H groups in total. The van der Waals surface area contributed by atoms with Gasteiger partial charge in [-0.3, -0.25) is 15.1 Å². The maximum atomic E-state index is 12.1. The lowest BCUT2D eigenvalue weighted by atomic mass is 10.1. The second-order valence-electron chi connectivity index (χ2n) is 4.77. The van der Waals surface area contributed by atoms with E-state index in [0.29, 0.717) is 17.3 Å². The van der Waals surface area contributed by atoms with Crippen LogP contribution in [0.2, 0.25) is 0 Å². The average Bonchev–Trinajstić information content (AvgIpc) is 3.04. The van der Waals surface area contributed by atoms with Gasteiger partial charge in [-0.15, -0.1) is 10.2 Å². The summed E-state index contributed by atoms with van der Waals surface area (Å²) in [6.45, 7) is 0. The maximum absolute atomic E-state index is 12.1. The minimum absolute atomic E-state index is 0.184. The largest absolute Gasteiger partial charge is 0.496 e. The number of aromatic amines is 1. The van der Waals surface area contributed by atoms with Gasteiger partial charge in [-0.1, -0.05) is 24.3 Å². The Bertz CT molecular complexity index is 801. The van der Waals surface area contributed by atoms with E-state index in [-0.39, 0.29) is 18.3 Å². The van der Waals surface area contributed by atoms with E-state index in [9.17, 15) is 4.79 Å². The second-order valence-corrected chi connectivity index (χ2v) is 4.77. The third kappa shape index (κ3) is 3.52. The standard InChI is InChI=1S/C16H15N5O2/c1-23-13-8-3-2-6-11(13)10-14(22)18-16-19-15(20-21-16)12-7-4-5-9-17-12/h2-9H,10H2,1H3,(H2,18,19,20,21,22). The molecule has 0 saturated carbocycles. The molecule has 0 fully saturated rings. The van der Waals surface area contributed by atoms with Crippen LogP contribution in [0.25, 0.3) is 11.5 Å². The number of nitrogens with zero attached hydrogens (tertiary/aromatic N) is 3. The molecule has 0 aliphatic rings. The SMILES string of the molecule is COc1ccccc1CC(=O)Nc1nnc(-c2ccccn2)[nH]1. The predicted octanol–water partition coefficient (Wildman–Crippen LogP) is 2.06. The molecule has 23 heavy (non-hydrogen) atoms. The monoisotopic (exact) mass is 309 g/mol. The number of benzene rings is 1. The van der Waals surface area contributed by atoms with E-state index in [1.165, 1.54) is 0 Å². The average molecular weight is 309 g/mol. The summed E-state index contributed by atoms with van der Waals surface area (Å²) in [6, 6.07) is 12.9. The number of aromatic nitrogens is 4. The summed E-state index contributed by atoms with van der Waals surface area (Å²) in [4.78, 5) is 19.2. The van der Waals surface area contributed by atoms with Gasteiger partial charge in [0.05, 0.1) is 13.5 Å². The van der Waals surface area contributed by atoms with Crippen molar-refractivity contribution in [3.05, 3.63) is 54.2 Å². The van der Waals surface area contributed by atoms with E-state index in [0.717, 1.165) is 5.56 Å². The highest BCUT2D eigenvalue weighted by molar-refractivity contribution is 5.91. The third-order valence-corrected chi connectivity index (χ3v) is 3.20. The quantitative estimate of drug-likeness (QED) is 0.752. The highest BCUT2D eigenvalue weighted by atomic mass is 16.5. The number of para-hydroxylation sites is 1. The normalized spacial score (nSPS) is 10.3. The van der Waals surface area contributed by atoms with E-state index in [1.807, 2.05) is 36.4 Å². The maximum Gasteiger partial charge on any atom is 0.231 e. The van der Waals surface area contributed by atoms with Crippen molar-refractivity contribution in [1.82, 2.24) is 20.2 Å². The number of H-pyrrole nitrogens is 1. The number of anilines is 1. The summed E-state index contributed by atoms with van der Waals surface area (Å²) in [6.07, 6.45) is 1.85. The molecule has 1 amide bonds. The first-order valence-electron chi connectivity index (χ1n) is 7.02. The molecule has 0 saturated heterocycles. The Hall–Kier alpha value is -3.22. The van der Waals surface area contributed by atoms with Crippen LogP contribution < -0.4 is 10.1 Å². The van der Waals surface area contributed by atoms with Crippen LogP contribution in [0, 0.1) is 0 Å². The molecule has 0 aliphatic heterocycles. The van der Waals surface area contributed by atoms with Crippen molar-refractivity contribution in [2.45, 2.75) is 6.42 Å². The first-order valence-corrected chi connectivity index (χ1v) is 7.02. The Morgan fingerprint density at radius 1 is 1.17 bits per heavy atom. The van der Waals surface area contributed by atoms with Crippen molar-refractivity contribution in [3.8, 4) is 17.3 Å². The minimum atomic E-state index is -0.210. The number of rotatable bonds is 5. The van der Waals surface area contributed by atoms with Crippen LogP contribution in [0.1, 0.15) is 5.56 Å².